The first-order chi connectivity index (χ1) is 13.2. The molecule has 1 amide bonds. The topological polar surface area (TPSA) is 62.5 Å². The van der Waals surface area contributed by atoms with Crippen molar-refractivity contribution in [3.05, 3.63) is 65.6 Å². The number of nitrogens with one attached hydrogen (secondary N) is 1. The van der Waals surface area contributed by atoms with Crippen LogP contribution in [0.5, 0.6) is 0 Å². The second-order valence-corrected chi connectivity index (χ2v) is 7.21. The lowest BCUT2D eigenvalue weighted by Crippen LogP contribution is -2.48. The SMILES string of the molecule is Cc1c(C(=O)N[C@@H]2CCCN(CCc3ccccc3)C2)cnc2ccnn12. The minimum atomic E-state index is -0.0627. The van der Waals surface area contributed by atoms with Crippen LogP contribution in [0.1, 0.15) is 34.5 Å². The van der Waals surface area contributed by atoms with E-state index < -0.39 is 0 Å². The van der Waals surface area contributed by atoms with E-state index in [1.165, 1.54) is 5.56 Å². The number of carbonyl (C=O) groups is 1. The van der Waals surface area contributed by atoms with Crippen molar-refractivity contribution in [3.63, 3.8) is 0 Å². The molecule has 1 N–H and O–H groups in total. The van der Waals surface area contributed by atoms with Crippen molar-refractivity contribution in [2.45, 2.75) is 32.2 Å². The number of fused-ring (bicyclic) bond motifs is 1. The fourth-order valence-corrected chi connectivity index (χ4v) is 3.79. The van der Waals surface area contributed by atoms with Gasteiger partial charge in [0.05, 0.1) is 17.5 Å². The lowest BCUT2D eigenvalue weighted by molar-refractivity contribution is 0.0902. The molecule has 0 aliphatic carbocycles. The Bertz CT molecular complexity index is 921. The van der Waals surface area contributed by atoms with Crippen LogP contribution in [0.25, 0.3) is 5.65 Å². The zero-order valence-electron chi connectivity index (χ0n) is 15.6. The van der Waals surface area contributed by atoms with Crippen molar-refractivity contribution in [1.29, 1.82) is 0 Å². The lowest BCUT2D eigenvalue weighted by atomic mass is 10.0. The number of benzene rings is 1. The Morgan fingerprint density at radius 1 is 1.26 bits per heavy atom. The first-order valence-electron chi connectivity index (χ1n) is 9.57. The van der Waals surface area contributed by atoms with E-state index in [0.29, 0.717) is 5.56 Å². The number of hydrogen-bond donors (Lipinski definition) is 1. The van der Waals surface area contributed by atoms with Gasteiger partial charge in [-0.2, -0.15) is 5.10 Å². The summed E-state index contributed by atoms with van der Waals surface area (Å²) in [7, 11) is 0. The van der Waals surface area contributed by atoms with Gasteiger partial charge in [-0.1, -0.05) is 30.3 Å². The van der Waals surface area contributed by atoms with Gasteiger partial charge in [-0.3, -0.25) is 4.79 Å². The first kappa shape index (κ1) is 17.7. The Balaban J connectivity index is 1.36. The van der Waals surface area contributed by atoms with Crippen LogP contribution in [-0.4, -0.2) is 51.1 Å². The standard InChI is InChI=1S/C21H25N5O/c1-16-19(14-22-20-9-11-23-26(16)20)21(27)24-18-8-5-12-25(15-18)13-10-17-6-3-2-4-7-17/h2-4,6-7,9,11,14,18H,5,8,10,12-13,15H2,1H3,(H,24,27)/t18-/m1/s1. The van der Waals surface area contributed by atoms with Crippen LogP contribution in [0.3, 0.4) is 0 Å². The lowest BCUT2D eigenvalue weighted by Gasteiger charge is -2.33. The van der Waals surface area contributed by atoms with Gasteiger partial charge in [-0.05, 0) is 38.3 Å². The number of amides is 1. The minimum Gasteiger partial charge on any atom is -0.348 e. The summed E-state index contributed by atoms with van der Waals surface area (Å²) in [6, 6.07) is 12.6. The highest BCUT2D eigenvalue weighted by Crippen LogP contribution is 2.14. The number of piperidine rings is 1. The van der Waals surface area contributed by atoms with Gasteiger partial charge in [-0.25, -0.2) is 9.50 Å². The monoisotopic (exact) mass is 363 g/mol. The number of likely N-dealkylation sites (tertiary alicyclic amines) is 1. The maximum absolute atomic E-state index is 12.8. The van der Waals surface area contributed by atoms with E-state index in [1.54, 1.807) is 16.9 Å². The molecule has 3 aromatic rings. The maximum atomic E-state index is 12.8. The van der Waals surface area contributed by atoms with Crippen LogP contribution in [0, 0.1) is 6.92 Å². The number of nitrogens with zero attached hydrogens (tertiary/aromatic N) is 4. The third-order valence-corrected chi connectivity index (χ3v) is 5.30. The van der Waals surface area contributed by atoms with Gasteiger partial charge >= 0.3 is 0 Å². The molecule has 6 nitrogen and oxygen atoms in total. The van der Waals surface area contributed by atoms with E-state index in [4.69, 9.17) is 0 Å². The fourth-order valence-electron chi connectivity index (χ4n) is 3.79. The molecular formula is C21H25N5O. The Morgan fingerprint density at radius 3 is 2.96 bits per heavy atom. The van der Waals surface area contributed by atoms with E-state index in [2.05, 4.69) is 44.6 Å². The molecule has 1 atom stereocenters. The van der Waals surface area contributed by atoms with Crippen LogP contribution in [0.2, 0.25) is 0 Å². The Morgan fingerprint density at radius 2 is 2.11 bits per heavy atom. The summed E-state index contributed by atoms with van der Waals surface area (Å²) in [5.74, 6) is -0.0627. The second-order valence-electron chi connectivity index (χ2n) is 7.21. The van der Waals surface area contributed by atoms with Crippen molar-refractivity contribution < 1.29 is 4.79 Å². The van der Waals surface area contributed by atoms with E-state index in [1.807, 2.05) is 19.1 Å². The van der Waals surface area contributed by atoms with Crippen molar-refractivity contribution in [1.82, 2.24) is 24.8 Å². The van der Waals surface area contributed by atoms with Gasteiger partial charge < -0.3 is 10.2 Å². The predicted molar refractivity (Wildman–Crippen MR) is 105 cm³/mol. The Labute approximate surface area is 159 Å². The Hall–Kier alpha value is -2.73. The van der Waals surface area contributed by atoms with Crippen molar-refractivity contribution >= 4 is 11.6 Å². The van der Waals surface area contributed by atoms with Crippen LogP contribution >= 0.6 is 0 Å². The second kappa shape index (κ2) is 7.88. The molecule has 0 bridgehead atoms. The van der Waals surface area contributed by atoms with E-state index in [9.17, 15) is 4.79 Å². The molecule has 1 saturated heterocycles. The van der Waals surface area contributed by atoms with Crippen molar-refractivity contribution in [2.75, 3.05) is 19.6 Å². The molecule has 1 fully saturated rings. The normalized spacial score (nSPS) is 17.9. The maximum Gasteiger partial charge on any atom is 0.254 e. The first-order valence-corrected chi connectivity index (χ1v) is 9.57. The molecule has 3 heterocycles. The highest BCUT2D eigenvalue weighted by Gasteiger charge is 2.23. The van der Waals surface area contributed by atoms with Crippen LogP contribution < -0.4 is 5.32 Å². The minimum absolute atomic E-state index is 0.0627. The van der Waals surface area contributed by atoms with Gasteiger partial charge in [0.2, 0.25) is 0 Å². The zero-order valence-corrected chi connectivity index (χ0v) is 15.6. The number of rotatable bonds is 5. The highest BCUT2D eigenvalue weighted by molar-refractivity contribution is 5.95. The van der Waals surface area contributed by atoms with E-state index in [-0.39, 0.29) is 11.9 Å². The molecule has 0 radical (unpaired) electrons. The summed E-state index contributed by atoms with van der Waals surface area (Å²) in [6.45, 7) is 4.92. The summed E-state index contributed by atoms with van der Waals surface area (Å²) in [5, 5.41) is 7.44. The third-order valence-electron chi connectivity index (χ3n) is 5.30. The number of aryl methyl sites for hydroxylation is 1. The molecule has 0 spiro atoms. The molecule has 0 saturated carbocycles. The summed E-state index contributed by atoms with van der Waals surface area (Å²) >= 11 is 0. The molecule has 1 aromatic carbocycles. The molecule has 6 heteroatoms. The van der Waals surface area contributed by atoms with E-state index >= 15 is 0 Å². The molecule has 1 aliphatic rings. The molecular weight excluding hydrogens is 338 g/mol. The smallest absolute Gasteiger partial charge is 0.254 e. The average molecular weight is 363 g/mol. The summed E-state index contributed by atoms with van der Waals surface area (Å²) < 4.78 is 1.71. The zero-order chi connectivity index (χ0) is 18.6. The number of hydrogen-bond acceptors (Lipinski definition) is 4. The van der Waals surface area contributed by atoms with Crippen molar-refractivity contribution in [3.8, 4) is 0 Å². The van der Waals surface area contributed by atoms with Gasteiger partial charge in [0.25, 0.3) is 5.91 Å². The van der Waals surface area contributed by atoms with E-state index in [0.717, 1.165) is 50.2 Å². The average Bonchev–Trinajstić information content (AvgIpc) is 3.17. The quantitative estimate of drug-likeness (QED) is 0.756. The molecule has 0 unspecified atom stereocenters. The van der Waals surface area contributed by atoms with Gasteiger partial charge in [0.1, 0.15) is 0 Å². The largest absolute Gasteiger partial charge is 0.348 e. The number of aromatic nitrogens is 3. The molecule has 2 aromatic heterocycles. The highest BCUT2D eigenvalue weighted by atomic mass is 16.1. The Kier molecular flexibility index (Phi) is 5.16. The van der Waals surface area contributed by atoms with Gasteiger partial charge in [0, 0.05) is 31.4 Å². The van der Waals surface area contributed by atoms with Crippen LogP contribution in [-0.2, 0) is 6.42 Å². The third kappa shape index (κ3) is 4.01. The molecule has 27 heavy (non-hydrogen) atoms. The van der Waals surface area contributed by atoms with Crippen LogP contribution in [0.15, 0.2) is 48.8 Å². The van der Waals surface area contributed by atoms with Crippen molar-refractivity contribution in [2.24, 2.45) is 0 Å². The van der Waals surface area contributed by atoms with Gasteiger partial charge in [-0.15, -0.1) is 0 Å². The van der Waals surface area contributed by atoms with Gasteiger partial charge in [0.15, 0.2) is 5.65 Å². The molecule has 4 rings (SSSR count). The molecule has 140 valence electrons. The number of carbonyl (C=O) groups excluding carboxylic acids is 1. The fraction of sp³-hybridized carbons (Fsp3) is 0.381. The summed E-state index contributed by atoms with van der Waals surface area (Å²) in [5.41, 5.74) is 3.53. The molecule has 1 aliphatic heterocycles. The summed E-state index contributed by atoms with van der Waals surface area (Å²) in [6.07, 6.45) is 6.51. The predicted octanol–water partition coefficient (Wildman–Crippen LogP) is 2.47. The summed E-state index contributed by atoms with van der Waals surface area (Å²) in [4.78, 5) is 19.5. The van der Waals surface area contributed by atoms with Crippen LogP contribution in [0.4, 0.5) is 0 Å².